The Balaban J connectivity index is 1.78. The summed E-state index contributed by atoms with van der Waals surface area (Å²) in [7, 11) is 1.64. The Kier molecular flexibility index (Phi) is 6.36. The summed E-state index contributed by atoms with van der Waals surface area (Å²) in [4.78, 5) is 20.3. The van der Waals surface area contributed by atoms with Gasteiger partial charge in [-0.3, -0.25) is 4.79 Å². The number of methoxy groups -OCH3 is 1. The highest BCUT2D eigenvalue weighted by Crippen LogP contribution is 2.32. The fourth-order valence-corrected chi connectivity index (χ4v) is 4.63. The zero-order valence-electron chi connectivity index (χ0n) is 13.6. The lowest BCUT2D eigenvalue weighted by Gasteiger charge is -2.21. The molecule has 0 aliphatic heterocycles. The zero-order chi connectivity index (χ0) is 17.6. The summed E-state index contributed by atoms with van der Waals surface area (Å²) in [6.45, 7) is 1.57. The maximum Gasteiger partial charge on any atom is 0.273 e. The highest BCUT2D eigenvalue weighted by atomic mass is 79.9. The molecule has 0 bridgehead atoms. The third-order valence-electron chi connectivity index (χ3n) is 3.57. The highest BCUT2D eigenvalue weighted by Gasteiger charge is 2.20. The number of thiazole rings is 1. The molecular weight excluding hydrogens is 420 g/mol. The Morgan fingerprint density at radius 1 is 1.24 bits per heavy atom. The molecule has 0 fully saturated rings. The fourth-order valence-electron chi connectivity index (χ4n) is 2.33. The number of aromatic nitrogens is 1. The quantitative estimate of drug-likeness (QED) is 0.527. The number of benzene rings is 1. The van der Waals surface area contributed by atoms with E-state index in [-0.39, 0.29) is 5.91 Å². The van der Waals surface area contributed by atoms with Crippen molar-refractivity contribution in [1.82, 2.24) is 9.88 Å². The number of carbonyl (C=O) groups excluding carboxylic acids is 1. The summed E-state index contributed by atoms with van der Waals surface area (Å²) < 4.78 is 6.19. The van der Waals surface area contributed by atoms with E-state index in [4.69, 9.17) is 4.74 Å². The average molecular weight is 437 g/mol. The molecule has 1 amide bonds. The van der Waals surface area contributed by atoms with Crippen molar-refractivity contribution in [2.24, 2.45) is 0 Å². The topological polar surface area (TPSA) is 42.4 Å². The van der Waals surface area contributed by atoms with Crippen molar-refractivity contribution in [3.63, 3.8) is 0 Å². The number of hydrogen-bond donors (Lipinski definition) is 0. The molecule has 4 nitrogen and oxygen atoms in total. The first kappa shape index (κ1) is 18.3. The molecule has 130 valence electrons. The minimum Gasteiger partial charge on any atom is -0.383 e. The van der Waals surface area contributed by atoms with E-state index in [9.17, 15) is 4.79 Å². The number of amides is 1. The Morgan fingerprint density at radius 2 is 2.04 bits per heavy atom. The van der Waals surface area contributed by atoms with Gasteiger partial charge in [-0.15, -0.1) is 22.7 Å². The summed E-state index contributed by atoms with van der Waals surface area (Å²) in [5, 5.41) is 4.71. The van der Waals surface area contributed by atoms with Gasteiger partial charge in [0.25, 0.3) is 5.91 Å². The smallest absolute Gasteiger partial charge is 0.273 e. The van der Waals surface area contributed by atoms with Crippen LogP contribution in [0, 0.1) is 0 Å². The SMILES string of the molecule is COCCN(Cc1ccccc1)C(=O)c1csc(-c2cc(Br)cs2)n1. The van der Waals surface area contributed by atoms with Crippen molar-refractivity contribution in [1.29, 1.82) is 0 Å². The van der Waals surface area contributed by atoms with Crippen LogP contribution in [0.25, 0.3) is 9.88 Å². The fraction of sp³-hybridized carbons (Fsp3) is 0.222. The molecule has 7 heteroatoms. The van der Waals surface area contributed by atoms with Gasteiger partial charge in [0, 0.05) is 35.4 Å². The lowest BCUT2D eigenvalue weighted by molar-refractivity contribution is 0.0675. The van der Waals surface area contributed by atoms with Gasteiger partial charge in [0.15, 0.2) is 0 Å². The van der Waals surface area contributed by atoms with Crippen LogP contribution in [-0.2, 0) is 11.3 Å². The van der Waals surface area contributed by atoms with Gasteiger partial charge in [0.2, 0.25) is 0 Å². The van der Waals surface area contributed by atoms with Crippen LogP contribution < -0.4 is 0 Å². The lowest BCUT2D eigenvalue weighted by Crippen LogP contribution is -2.33. The van der Waals surface area contributed by atoms with Gasteiger partial charge in [-0.05, 0) is 27.6 Å². The summed E-state index contributed by atoms with van der Waals surface area (Å²) in [6.07, 6.45) is 0. The molecule has 25 heavy (non-hydrogen) atoms. The van der Waals surface area contributed by atoms with Crippen LogP contribution in [0.3, 0.4) is 0 Å². The molecule has 0 saturated carbocycles. The minimum atomic E-state index is -0.0703. The predicted molar refractivity (Wildman–Crippen MR) is 106 cm³/mol. The molecular formula is C18H17BrN2O2S2. The second-order valence-electron chi connectivity index (χ2n) is 5.37. The van der Waals surface area contributed by atoms with E-state index in [2.05, 4.69) is 20.9 Å². The largest absolute Gasteiger partial charge is 0.383 e. The second kappa shape index (κ2) is 8.71. The van der Waals surface area contributed by atoms with Crippen molar-refractivity contribution in [3.05, 3.63) is 62.9 Å². The first-order chi connectivity index (χ1) is 12.2. The molecule has 0 unspecified atom stereocenters. The first-order valence-electron chi connectivity index (χ1n) is 7.69. The third-order valence-corrected chi connectivity index (χ3v) is 6.27. The molecule has 0 spiro atoms. The Morgan fingerprint density at radius 3 is 2.72 bits per heavy atom. The molecule has 3 aromatic rings. The maximum atomic E-state index is 12.9. The van der Waals surface area contributed by atoms with E-state index in [0.717, 1.165) is 19.9 Å². The van der Waals surface area contributed by atoms with Crippen molar-refractivity contribution in [2.75, 3.05) is 20.3 Å². The number of nitrogens with zero attached hydrogens (tertiary/aromatic N) is 2. The van der Waals surface area contributed by atoms with Crippen molar-refractivity contribution in [2.45, 2.75) is 6.54 Å². The predicted octanol–water partition coefficient (Wildman–Crippen LogP) is 4.92. The van der Waals surface area contributed by atoms with E-state index < -0.39 is 0 Å². The van der Waals surface area contributed by atoms with Crippen LogP contribution in [-0.4, -0.2) is 36.1 Å². The number of ether oxygens (including phenoxy) is 1. The van der Waals surface area contributed by atoms with Gasteiger partial charge in [-0.1, -0.05) is 30.3 Å². The van der Waals surface area contributed by atoms with Gasteiger partial charge >= 0.3 is 0 Å². The zero-order valence-corrected chi connectivity index (χ0v) is 16.9. The van der Waals surface area contributed by atoms with E-state index >= 15 is 0 Å². The first-order valence-corrected chi connectivity index (χ1v) is 10.2. The Labute approximate surface area is 163 Å². The van der Waals surface area contributed by atoms with Crippen LogP contribution in [0.4, 0.5) is 0 Å². The van der Waals surface area contributed by atoms with Crippen LogP contribution in [0.5, 0.6) is 0 Å². The summed E-state index contributed by atoms with van der Waals surface area (Å²) >= 11 is 6.55. The lowest BCUT2D eigenvalue weighted by atomic mass is 10.2. The van der Waals surface area contributed by atoms with E-state index in [0.29, 0.717) is 25.4 Å². The Bertz CT molecular complexity index is 832. The van der Waals surface area contributed by atoms with Gasteiger partial charge in [0.1, 0.15) is 10.7 Å². The molecule has 0 radical (unpaired) electrons. The van der Waals surface area contributed by atoms with Gasteiger partial charge < -0.3 is 9.64 Å². The molecule has 2 heterocycles. The number of thiophene rings is 1. The van der Waals surface area contributed by atoms with Crippen molar-refractivity contribution < 1.29 is 9.53 Å². The van der Waals surface area contributed by atoms with Gasteiger partial charge in [-0.2, -0.15) is 0 Å². The monoisotopic (exact) mass is 436 g/mol. The normalized spacial score (nSPS) is 10.8. The standard InChI is InChI=1S/C18H17BrN2O2S2/c1-23-8-7-21(10-13-5-3-2-4-6-13)18(22)15-12-25-17(20-15)16-9-14(19)11-24-16/h2-6,9,11-12H,7-8,10H2,1H3. The molecule has 0 saturated heterocycles. The molecule has 1 aromatic carbocycles. The maximum absolute atomic E-state index is 12.9. The second-order valence-corrected chi connectivity index (χ2v) is 8.06. The molecule has 0 atom stereocenters. The van der Waals surface area contributed by atoms with Crippen LogP contribution in [0.15, 0.2) is 51.6 Å². The molecule has 0 N–H and O–H groups in total. The molecule has 0 aliphatic rings. The average Bonchev–Trinajstić information content (AvgIpc) is 3.28. The van der Waals surface area contributed by atoms with E-state index in [1.165, 1.54) is 11.3 Å². The van der Waals surface area contributed by atoms with Gasteiger partial charge in [-0.25, -0.2) is 4.98 Å². The highest BCUT2D eigenvalue weighted by molar-refractivity contribution is 9.10. The summed E-state index contributed by atoms with van der Waals surface area (Å²) in [5.74, 6) is -0.0703. The van der Waals surface area contributed by atoms with Crippen LogP contribution >= 0.6 is 38.6 Å². The van der Waals surface area contributed by atoms with Crippen molar-refractivity contribution in [3.8, 4) is 9.88 Å². The van der Waals surface area contributed by atoms with Crippen molar-refractivity contribution >= 4 is 44.5 Å². The van der Waals surface area contributed by atoms with E-state index in [1.807, 2.05) is 47.2 Å². The minimum absolute atomic E-state index is 0.0703. The van der Waals surface area contributed by atoms with E-state index in [1.54, 1.807) is 23.3 Å². The number of rotatable bonds is 7. The number of hydrogen-bond acceptors (Lipinski definition) is 5. The number of halogens is 1. The number of carbonyl (C=O) groups is 1. The summed E-state index contributed by atoms with van der Waals surface area (Å²) in [6, 6.07) is 12.0. The van der Waals surface area contributed by atoms with Crippen LogP contribution in [0.1, 0.15) is 16.1 Å². The van der Waals surface area contributed by atoms with Gasteiger partial charge in [0.05, 0.1) is 11.5 Å². The molecule has 0 aliphatic carbocycles. The molecule has 3 rings (SSSR count). The Hall–Kier alpha value is -1.54. The summed E-state index contributed by atoms with van der Waals surface area (Å²) in [5.41, 5.74) is 1.57. The molecule has 2 aromatic heterocycles. The van der Waals surface area contributed by atoms with Crippen LogP contribution in [0.2, 0.25) is 0 Å². The third kappa shape index (κ3) is 4.76.